The molecule has 0 aliphatic carbocycles. The van der Waals surface area contributed by atoms with Crippen molar-refractivity contribution in [1.29, 1.82) is 0 Å². The Balaban J connectivity index is 2.51. The molecule has 0 bridgehead atoms. The maximum absolute atomic E-state index is 12.0. The zero-order valence-corrected chi connectivity index (χ0v) is 13.4. The van der Waals surface area contributed by atoms with Gasteiger partial charge in [0.1, 0.15) is 5.75 Å². The van der Waals surface area contributed by atoms with Crippen LogP contribution in [0.1, 0.15) is 29.3 Å². The number of phenols is 1. The number of aromatic hydroxyl groups is 1. The molecule has 1 aromatic rings. The van der Waals surface area contributed by atoms with Crippen molar-refractivity contribution in [2.24, 2.45) is 0 Å². The number of carbonyl (C=O) groups excluding carboxylic acids is 1. The maximum Gasteiger partial charge on any atom is 0.255 e. The SMILES string of the molecule is CCc1ccc(O)c(C(=O)NCCCN(C)S(C)(=O)=O)c1. The number of hydrogen-bond acceptors (Lipinski definition) is 4. The van der Waals surface area contributed by atoms with E-state index in [1.807, 2.05) is 6.92 Å². The third-order valence-corrected chi connectivity index (χ3v) is 4.53. The van der Waals surface area contributed by atoms with Gasteiger partial charge in [0.2, 0.25) is 10.0 Å². The fraction of sp³-hybridized carbons (Fsp3) is 0.500. The number of nitrogens with zero attached hydrogens (tertiary/aromatic N) is 1. The lowest BCUT2D eigenvalue weighted by Gasteiger charge is -2.14. The van der Waals surface area contributed by atoms with Crippen molar-refractivity contribution < 1.29 is 18.3 Å². The van der Waals surface area contributed by atoms with Gasteiger partial charge in [0.15, 0.2) is 0 Å². The quantitative estimate of drug-likeness (QED) is 0.734. The summed E-state index contributed by atoms with van der Waals surface area (Å²) in [4.78, 5) is 12.0. The Kier molecular flexibility index (Phi) is 6.17. The van der Waals surface area contributed by atoms with Crippen molar-refractivity contribution in [3.8, 4) is 5.75 Å². The van der Waals surface area contributed by atoms with Gasteiger partial charge in [-0.05, 0) is 30.5 Å². The van der Waals surface area contributed by atoms with Gasteiger partial charge in [-0.1, -0.05) is 13.0 Å². The van der Waals surface area contributed by atoms with Crippen LogP contribution in [0.2, 0.25) is 0 Å². The Bertz CT molecular complexity index is 599. The van der Waals surface area contributed by atoms with E-state index in [0.717, 1.165) is 18.2 Å². The lowest BCUT2D eigenvalue weighted by molar-refractivity contribution is 0.0950. The van der Waals surface area contributed by atoms with Gasteiger partial charge in [-0.3, -0.25) is 4.79 Å². The fourth-order valence-corrected chi connectivity index (χ4v) is 2.21. The highest BCUT2D eigenvalue weighted by Crippen LogP contribution is 2.18. The molecule has 0 spiro atoms. The molecule has 0 heterocycles. The fourth-order valence-electron chi connectivity index (χ4n) is 1.75. The molecular weight excluding hydrogens is 292 g/mol. The zero-order chi connectivity index (χ0) is 16.0. The number of sulfonamides is 1. The van der Waals surface area contributed by atoms with E-state index >= 15 is 0 Å². The molecular formula is C14H22N2O4S. The molecule has 0 saturated carbocycles. The molecule has 0 fully saturated rings. The van der Waals surface area contributed by atoms with E-state index in [0.29, 0.717) is 19.5 Å². The molecule has 21 heavy (non-hydrogen) atoms. The van der Waals surface area contributed by atoms with Crippen LogP contribution in [0, 0.1) is 0 Å². The summed E-state index contributed by atoms with van der Waals surface area (Å²) in [6.07, 6.45) is 2.42. The standard InChI is InChI=1S/C14H22N2O4S/c1-4-11-6-7-13(17)12(10-11)14(18)15-8-5-9-16(2)21(3,19)20/h6-7,10,17H,4-5,8-9H2,1-3H3,(H,15,18). The van der Waals surface area contributed by atoms with Crippen molar-refractivity contribution in [1.82, 2.24) is 9.62 Å². The summed E-state index contributed by atoms with van der Waals surface area (Å²) < 4.78 is 23.6. The highest BCUT2D eigenvalue weighted by molar-refractivity contribution is 7.88. The third-order valence-electron chi connectivity index (χ3n) is 3.22. The van der Waals surface area contributed by atoms with Crippen LogP contribution in [0.4, 0.5) is 0 Å². The Morgan fingerprint density at radius 1 is 1.38 bits per heavy atom. The minimum absolute atomic E-state index is 0.0574. The van der Waals surface area contributed by atoms with Crippen molar-refractivity contribution in [2.75, 3.05) is 26.4 Å². The van der Waals surface area contributed by atoms with Gasteiger partial charge in [0.25, 0.3) is 5.91 Å². The molecule has 2 N–H and O–H groups in total. The van der Waals surface area contributed by atoms with Gasteiger partial charge in [0, 0.05) is 20.1 Å². The summed E-state index contributed by atoms with van der Waals surface area (Å²) in [5.41, 5.74) is 1.21. The first kappa shape index (κ1) is 17.5. The summed E-state index contributed by atoms with van der Waals surface area (Å²) >= 11 is 0. The first-order valence-electron chi connectivity index (χ1n) is 6.77. The minimum atomic E-state index is -3.19. The minimum Gasteiger partial charge on any atom is -0.507 e. The van der Waals surface area contributed by atoms with E-state index in [1.165, 1.54) is 17.4 Å². The lowest BCUT2D eigenvalue weighted by atomic mass is 10.1. The number of benzene rings is 1. The number of hydrogen-bond donors (Lipinski definition) is 2. The highest BCUT2D eigenvalue weighted by atomic mass is 32.2. The van der Waals surface area contributed by atoms with E-state index in [2.05, 4.69) is 5.32 Å². The van der Waals surface area contributed by atoms with Crippen LogP contribution in [0.3, 0.4) is 0 Å². The number of phenolic OH excluding ortho intramolecular Hbond substituents is 1. The molecule has 0 radical (unpaired) electrons. The summed E-state index contributed by atoms with van der Waals surface area (Å²) in [6, 6.07) is 4.94. The van der Waals surface area contributed by atoms with E-state index < -0.39 is 10.0 Å². The smallest absolute Gasteiger partial charge is 0.255 e. The van der Waals surface area contributed by atoms with Crippen molar-refractivity contribution in [3.05, 3.63) is 29.3 Å². The van der Waals surface area contributed by atoms with E-state index in [1.54, 1.807) is 12.1 Å². The molecule has 0 atom stereocenters. The molecule has 7 heteroatoms. The Morgan fingerprint density at radius 3 is 2.62 bits per heavy atom. The van der Waals surface area contributed by atoms with Crippen LogP contribution < -0.4 is 5.32 Å². The molecule has 0 aliphatic heterocycles. The third kappa shape index (κ3) is 5.35. The van der Waals surface area contributed by atoms with Crippen molar-refractivity contribution in [2.45, 2.75) is 19.8 Å². The van der Waals surface area contributed by atoms with Crippen LogP contribution in [-0.2, 0) is 16.4 Å². The maximum atomic E-state index is 12.0. The average molecular weight is 314 g/mol. The van der Waals surface area contributed by atoms with E-state index in [-0.39, 0.29) is 17.2 Å². The van der Waals surface area contributed by atoms with Crippen LogP contribution in [0.15, 0.2) is 18.2 Å². The zero-order valence-electron chi connectivity index (χ0n) is 12.6. The number of amides is 1. The molecule has 118 valence electrons. The Hall–Kier alpha value is -1.60. The number of rotatable bonds is 7. The van der Waals surface area contributed by atoms with E-state index in [4.69, 9.17) is 0 Å². The largest absolute Gasteiger partial charge is 0.507 e. The van der Waals surface area contributed by atoms with Crippen LogP contribution in [0.5, 0.6) is 5.75 Å². The molecule has 0 saturated heterocycles. The predicted molar refractivity (Wildman–Crippen MR) is 81.9 cm³/mol. The second kappa shape index (κ2) is 7.42. The average Bonchev–Trinajstić information content (AvgIpc) is 2.42. The van der Waals surface area contributed by atoms with Crippen molar-refractivity contribution in [3.63, 3.8) is 0 Å². The molecule has 1 rings (SSSR count). The number of aryl methyl sites for hydroxylation is 1. The monoisotopic (exact) mass is 314 g/mol. The summed E-state index contributed by atoms with van der Waals surface area (Å²) in [6.45, 7) is 2.64. The lowest BCUT2D eigenvalue weighted by Crippen LogP contribution is -2.31. The topological polar surface area (TPSA) is 86.7 Å². The highest BCUT2D eigenvalue weighted by Gasteiger charge is 2.13. The van der Waals surface area contributed by atoms with Gasteiger partial charge in [-0.15, -0.1) is 0 Å². The van der Waals surface area contributed by atoms with Crippen LogP contribution >= 0.6 is 0 Å². The van der Waals surface area contributed by atoms with Crippen LogP contribution in [0.25, 0.3) is 0 Å². The molecule has 0 unspecified atom stereocenters. The van der Waals surface area contributed by atoms with Gasteiger partial charge in [-0.25, -0.2) is 12.7 Å². The normalized spacial score (nSPS) is 11.6. The Labute approximate surface area is 125 Å². The van der Waals surface area contributed by atoms with Gasteiger partial charge < -0.3 is 10.4 Å². The second-order valence-corrected chi connectivity index (χ2v) is 6.99. The molecule has 1 aromatic carbocycles. The molecule has 6 nitrogen and oxygen atoms in total. The molecule has 0 aliphatic rings. The van der Waals surface area contributed by atoms with Crippen molar-refractivity contribution >= 4 is 15.9 Å². The summed E-state index contributed by atoms with van der Waals surface area (Å²) in [5.74, 6) is -0.414. The molecule has 1 amide bonds. The van der Waals surface area contributed by atoms with Crippen LogP contribution in [-0.4, -0.2) is 50.1 Å². The predicted octanol–water partition coefficient (Wildman–Crippen LogP) is 0.966. The number of carbonyl (C=O) groups is 1. The van der Waals surface area contributed by atoms with Gasteiger partial charge in [0.05, 0.1) is 11.8 Å². The van der Waals surface area contributed by atoms with Gasteiger partial charge in [-0.2, -0.15) is 0 Å². The second-order valence-electron chi connectivity index (χ2n) is 4.90. The summed E-state index contributed by atoms with van der Waals surface area (Å²) in [7, 11) is -1.70. The van der Waals surface area contributed by atoms with Gasteiger partial charge >= 0.3 is 0 Å². The number of nitrogens with one attached hydrogen (secondary N) is 1. The van der Waals surface area contributed by atoms with E-state index in [9.17, 15) is 18.3 Å². The Morgan fingerprint density at radius 2 is 2.05 bits per heavy atom. The molecule has 0 aromatic heterocycles. The summed E-state index contributed by atoms with van der Waals surface area (Å²) in [5, 5.41) is 12.4. The first-order chi connectivity index (χ1) is 9.75. The first-order valence-corrected chi connectivity index (χ1v) is 8.62.